The fourth-order valence-corrected chi connectivity index (χ4v) is 3.49. The molecule has 0 bridgehead atoms. The number of hydrogen-bond acceptors (Lipinski definition) is 5. The van der Waals surface area contributed by atoms with Gasteiger partial charge in [0.25, 0.3) is 10.0 Å². The SMILES string of the molecule is O=S1(=O)N=C(N2CC(O)C(O)C2)c2ccccc21. The molecule has 0 aromatic heterocycles. The van der Waals surface area contributed by atoms with Crippen molar-refractivity contribution in [3.8, 4) is 0 Å². The number of likely N-dealkylation sites (tertiary alicyclic amines) is 1. The van der Waals surface area contributed by atoms with Gasteiger partial charge in [0.05, 0.1) is 12.2 Å². The number of amidine groups is 1. The predicted octanol–water partition coefficient (Wildman–Crippen LogP) is -0.827. The maximum atomic E-state index is 11.8. The number of fused-ring (bicyclic) bond motifs is 1. The summed E-state index contributed by atoms with van der Waals surface area (Å²) in [6.07, 6.45) is -1.74. The van der Waals surface area contributed by atoms with Crippen LogP contribution < -0.4 is 0 Å². The quantitative estimate of drug-likeness (QED) is 0.641. The highest BCUT2D eigenvalue weighted by molar-refractivity contribution is 7.90. The van der Waals surface area contributed by atoms with Crippen LogP contribution in [0.4, 0.5) is 0 Å². The number of benzene rings is 1. The molecule has 1 saturated heterocycles. The maximum absolute atomic E-state index is 11.8. The van der Waals surface area contributed by atoms with Crippen molar-refractivity contribution in [2.45, 2.75) is 17.1 Å². The molecular weight excluding hydrogens is 256 g/mol. The van der Waals surface area contributed by atoms with Crippen LogP contribution in [0, 0.1) is 0 Å². The van der Waals surface area contributed by atoms with Crippen molar-refractivity contribution >= 4 is 15.9 Å². The minimum absolute atomic E-state index is 0.177. The third kappa shape index (κ3) is 1.63. The first-order valence-electron chi connectivity index (χ1n) is 5.54. The molecule has 3 rings (SSSR count). The van der Waals surface area contributed by atoms with Gasteiger partial charge in [0.15, 0.2) is 5.84 Å². The van der Waals surface area contributed by atoms with E-state index in [1.807, 2.05) is 0 Å². The molecule has 2 heterocycles. The van der Waals surface area contributed by atoms with Gasteiger partial charge < -0.3 is 15.1 Å². The van der Waals surface area contributed by atoms with E-state index < -0.39 is 22.2 Å². The molecule has 2 atom stereocenters. The molecule has 2 N–H and O–H groups in total. The minimum atomic E-state index is -3.64. The standard InChI is InChI=1S/C11H12N2O4S/c14-8-5-13(6-9(8)15)11-7-3-1-2-4-10(7)18(16,17)12-11/h1-4,8-9,14-15H,5-6H2. The van der Waals surface area contributed by atoms with Crippen LogP contribution in [-0.4, -0.2) is 54.7 Å². The van der Waals surface area contributed by atoms with E-state index in [9.17, 15) is 18.6 Å². The Morgan fingerprint density at radius 3 is 2.44 bits per heavy atom. The second kappa shape index (κ2) is 3.78. The highest BCUT2D eigenvalue weighted by Crippen LogP contribution is 2.28. The molecule has 1 fully saturated rings. The number of aliphatic hydroxyl groups is 2. The molecule has 7 heteroatoms. The van der Waals surface area contributed by atoms with Crippen molar-refractivity contribution in [1.29, 1.82) is 0 Å². The van der Waals surface area contributed by atoms with Crippen molar-refractivity contribution in [3.63, 3.8) is 0 Å². The lowest BCUT2D eigenvalue weighted by Gasteiger charge is -2.16. The number of β-amino-alcohol motifs (C(OH)–C–C–N with tert-alkyl or cyclic N) is 2. The lowest BCUT2D eigenvalue weighted by molar-refractivity contribution is 0.0572. The van der Waals surface area contributed by atoms with Gasteiger partial charge in [-0.15, -0.1) is 4.40 Å². The molecule has 2 unspecified atom stereocenters. The first-order valence-corrected chi connectivity index (χ1v) is 6.98. The van der Waals surface area contributed by atoms with Crippen molar-refractivity contribution in [2.24, 2.45) is 4.40 Å². The Hall–Kier alpha value is -1.44. The van der Waals surface area contributed by atoms with Crippen LogP contribution >= 0.6 is 0 Å². The van der Waals surface area contributed by atoms with Crippen LogP contribution in [-0.2, 0) is 10.0 Å². The lowest BCUT2D eigenvalue weighted by atomic mass is 10.2. The van der Waals surface area contributed by atoms with Gasteiger partial charge in [-0.1, -0.05) is 12.1 Å². The minimum Gasteiger partial charge on any atom is -0.389 e. The number of aliphatic hydroxyl groups excluding tert-OH is 2. The molecule has 2 aliphatic heterocycles. The predicted molar refractivity (Wildman–Crippen MR) is 63.8 cm³/mol. The van der Waals surface area contributed by atoms with Crippen molar-refractivity contribution in [3.05, 3.63) is 29.8 Å². The van der Waals surface area contributed by atoms with E-state index >= 15 is 0 Å². The Morgan fingerprint density at radius 1 is 1.17 bits per heavy atom. The van der Waals surface area contributed by atoms with E-state index in [0.29, 0.717) is 11.4 Å². The number of rotatable bonds is 0. The van der Waals surface area contributed by atoms with E-state index in [0.717, 1.165) is 0 Å². The van der Waals surface area contributed by atoms with E-state index in [1.54, 1.807) is 23.1 Å². The summed E-state index contributed by atoms with van der Waals surface area (Å²) >= 11 is 0. The molecular formula is C11H12N2O4S. The fourth-order valence-electron chi connectivity index (χ4n) is 2.26. The third-order valence-electron chi connectivity index (χ3n) is 3.17. The number of hydrogen-bond donors (Lipinski definition) is 2. The Kier molecular flexibility index (Phi) is 2.44. The van der Waals surface area contributed by atoms with E-state index in [4.69, 9.17) is 0 Å². The van der Waals surface area contributed by atoms with Gasteiger partial charge in [-0.25, -0.2) is 0 Å². The Balaban J connectivity index is 2.05. The summed E-state index contributed by atoms with van der Waals surface area (Å²) in [5, 5.41) is 19.0. The Morgan fingerprint density at radius 2 is 1.78 bits per heavy atom. The summed E-state index contributed by atoms with van der Waals surface area (Å²) < 4.78 is 27.4. The summed E-state index contributed by atoms with van der Waals surface area (Å²) in [5.74, 6) is 0.307. The lowest BCUT2D eigenvalue weighted by Crippen LogP contribution is -2.29. The highest BCUT2D eigenvalue weighted by atomic mass is 32.2. The van der Waals surface area contributed by atoms with Crippen LogP contribution in [0.3, 0.4) is 0 Å². The summed E-state index contributed by atoms with van der Waals surface area (Å²) in [5.41, 5.74) is 0.527. The first-order chi connectivity index (χ1) is 8.49. The summed E-state index contributed by atoms with van der Waals surface area (Å²) in [6, 6.07) is 6.56. The molecule has 6 nitrogen and oxygen atoms in total. The van der Waals surface area contributed by atoms with E-state index in [-0.39, 0.29) is 18.0 Å². The van der Waals surface area contributed by atoms with Crippen molar-refractivity contribution < 1.29 is 18.6 Å². The zero-order chi connectivity index (χ0) is 12.9. The zero-order valence-electron chi connectivity index (χ0n) is 9.39. The molecule has 0 spiro atoms. The van der Waals surface area contributed by atoms with Gasteiger partial charge in [0.2, 0.25) is 0 Å². The second-order valence-electron chi connectivity index (χ2n) is 4.43. The normalized spacial score (nSPS) is 29.2. The largest absolute Gasteiger partial charge is 0.389 e. The van der Waals surface area contributed by atoms with Gasteiger partial charge in [-0.2, -0.15) is 8.42 Å². The molecule has 1 aromatic carbocycles. The Labute approximate surface area is 104 Å². The summed E-state index contributed by atoms with van der Waals surface area (Å²) in [6.45, 7) is 0.369. The van der Waals surface area contributed by atoms with Crippen LogP contribution in [0.5, 0.6) is 0 Å². The molecule has 18 heavy (non-hydrogen) atoms. The number of nitrogens with zero attached hydrogens (tertiary/aromatic N) is 2. The molecule has 96 valence electrons. The maximum Gasteiger partial charge on any atom is 0.285 e. The second-order valence-corrected chi connectivity index (χ2v) is 6.00. The van der Waals surface area contributed by atoms with Gasteiger partial charge in [0.1, 0.15) is 4.90 Å². The fraction of sp³-hybridized carbons (Fsp3) is 0.364. The number of sulfonamides is 1. The summed E-state index contributed by atoms with van der Waals surface area (Å²) in [7, 11) is -3.64. The Bertz CT molecular complexity index is 616. The molecule has 0 aliphatic carbocycles. The molecule has 0 amide bonds. The molecule has 0 radical (unpaired) electrons. The molecule has 2 aliphatic rings. The van der Waals surface area contributed by atoms with Crippen molar-refractivity contribution in [1.82, 2.24) is 4.90 Å². The first kappa shape index (κ1) is 11.6. The summed E-state index contributed by atoms with van der Waals surface area (Å²) in [4.78, 5) is 1.77. The van der Waals surface area contributed by atoms with Gasteiger partial charge >= 0.3 is 0 Å². The average molecular weight is 268 g/mol. The topological polar surface area (TPSA) is 90.2 Å². The third-order valence-corrected chi connectivity index (χ3v) is 4.50. The monoisotopic (exact) mass is 268 g/mol. The van der Waals surface area contributed by atoms with E-state index in [1.165, 1.54) is 6.07 Å². The van der Waals surface area contributed by atoms with Crippen LogP contribution in [0.1, 0.15) is 5.56 Å². The molecule has 0 saturated carbocycles. The van der Waals surface area contributed by atoms with Crippen LogP contribution in [0.2, 0.25) is 0 Å². The van der Waals surface area contributed by atoms with Gasteiger partial charge in [-0.3, -0.25) is 0 Å². The smallest absolute Gasteiger partial charge is 0.285 e. The molecule has 1 aromatic rings. The highest BCUT2D eigenvalue weighted by Gasteiger charge is 2.37. The van der Waals surface area contributed by atoms with Gasteiger partial charge in [-0.05, 0) is 12.1 Å². The average Bonchev–Trinajstić information content (AvgIpc) is 2.79. The van der Waals surface area contributed by atoms with Crippen LogP contribution in [0.25, 0.3) is 0 Å². The zero-order valence-corrected chi connectivity index (χ0v) is 10.2. The van der Waals surface area contributed by atoms with Crippen molar-refractivity contribution in [2.75, 3.05) is 13.1 Å². The van der Waals surface area contributed by atoms with Crippen LogP contribution in [0.15, 0.2) is 33.6 Å². The van der Waals surface area contributed by atoms with E-state index in [2.05, 4.69) is 4.40 Å². The van der Waals surface area contributed by atoms with Gasteiger partial charge in [0, 0.05) is 18.7 Å².